The monoisotopic (exact) mass is 512 g/mol. The van der Waals surface area contributed by atoms with Crippen molar-refractivity contribution in [3.63, 3.8) is 0 Å². The summed E-state index contributed by atoms with van der Waals surface area (Å²) in [7, 11) is 0. The molecule has 2 atom stereocenters. The van der Waals surface area contributed by atoms with Crippen molar-refractivity contribution in [1.82, 2.24) is 0 Å². The molecule has 0 aromatic heterocycles. The number of hydrogen-bond donors (Lipinski definition) is 0. The Kier molecular flexibility index (Phi) is 11.0. The Morgan fingerprint density at radius 1 is 1.10 bits per heavy atom. The van der Waals surface area contributed by atoms with E-state index in [0.29, 0.717) is 24.0 Å². The van der Waals surface area contributed by atoms with Crippen molar-refractivity contribution in [2.75, 3.05) is 13.2 Å². The molecule has 0 aliphatic heterocycles. The number of allylic oxidation sites excluding steroid dienone is 1. The second-order valence-electron chi connectivity index (χ2n) is 8.66. The number of alkyl halides is 1. The van der Waals surface area contributed by atoms with Gasteiger partial charge >= 0.3 is 5.97 Å². The van der Waals surface area contributed by atoms with Gasteiger partial charge in [-0.15, -0.1) is 0 Å². The molecular formula is C25H37IO3. The Morgan fingerprint density at radius 3 is 2.21 bits per heavy atom. The highest BCUT2D eigenvalue weighted by Crippen LogP contribution is 2.40. The fraction of sp³-hybridized carbons (Fsp3) is 0.560. The molecule has 0 bridgehead atoms. The van der Waals surface area contributed by atoms with Gasteiger partial charge < -0.3 is 9.47 Å². The second kappa shape index (κ2) is 12.4. The standard InChI is InChI=1S/C25H37IO3/c1-18(2)16-25(7,21(6)28-14-15-29-24(27)19(3)4)13-12-20(5)23-10-8-22(17-26)9-11-23/h8-11,18,20H,3,6,12-17H2,1-2,4-5,7H3. The van der Waals surface area contributed by atoms with Crippen LogP contribution in [0.15, 0.2) is 48.8 Å². The first kappa shape index (κ1) is 25.7. The average molecular weight is 512 g/mol. The number of esters is 1. The van der Waals surface area contributed by atoms with Gasteiger partial charge in [0.05, 0.1) is 5.76 Å². The molecule has 0 saturated carbocycles. The van der Waals surface area contributed by atoms with Gasteiger partial charge in [0.2, 0.25) is 0 Å². The molecule has 0 fully saturated rings. The number of carbonyl (C=O) groups excluding carboxylic acids is 1. The lowest BCUT2D eigenvalue weighted by Crippen LogP contribution is -2.25. The minimum absolute atomic E-state index is 0.108. The third kappa shape index (κ3) is 8.93. The van der Waals surface area contributed by atoms with E-state index in [0.717, 1.165) is 29.4 Å². The molecule has 0 N–H and O–H groups in total. The molecule has 4 heteroatoms. The summed E-state index contributed by atoms with van der Waals surface area (Å²) in [6.45, 7) is 19.0. The summed E-state index contributed by atoms with van der Waals surface area (Å²) in [5.41, 5.74) is 3.03. The van der Waals surface area contributed by atoms with E-state index >= 15 is 0 Å². The van der Waals surface area contributed by atoms with E-state index in [9.17, 15) is 4.79 Å². The number of carbonyl (C=O) groups is 1. The van der Waals surface area contributed by atoms with E-state index in [1.807, 2.05) is 0 Å². The average Bonchev–Trinajstić information content (AvgIpc) is 2.68. The highest BCUT2D eigenvalue weighted by molar-refractivity contribution is 14.1. The van der Waals surface area contributed by atoms with Crippen LogP contribution in [0.2, 0.25) is 0 Å². The minimum Gasteiger partial charge on any atom is -0.494 e. The molecule has 0 amide bonds. The zero-order valence-corrected chi connectivity index (χ0v) is 20.9. The zero-order valence-electron chi connectivity index (χ0n) is 18.7. The Hall–Kier alpha value is -1.30. The lowest BCUT2D eigenvalue weighted by atomic mass is 9.75. The number of benzene rings is 1. The predicted molar refractivity (Wildman–Crippen MR) is 130 cm³/mol. The molecule has 3 nitrogen and oxygen atoms in total. The van der Waals surface area contributed by atoms with Crippen LogP contribution in [-0.4, -0.2) is 19.2 Å². The van der Waals surface area contributed by atoms with Crippen LogP contribution in [0.3, 0.4) is 0 Å². The van der Waals surface area contributed by atoms with Crippen molar-refractivity contribution in [2.24, 2.45) is 11.3 Å². The van der Waals surface area contributed by atoms with Crippen molar-refractivity contribution in [1.29, 1.82) is 0 Å². The summed E-state index contributed by atoms with van der Waals surface area (Å²) >= 11 is 2.39. The van der Waals surface area contributed by atoms with Gasteiger partial charge in [0, 0.05) is 15.4 Å². The molecule has 29 heavy (non-hydrogen) atoms. The molecule has 0 saturated heterocycles. The molecule has 1 aromatic carbocycles. The van der Waals surface area contributed by atoms with Crippen LogP contribution in [0, 0.1) is 11.3 Å². The summed E-state index contributed by atoms with van der Waals surface area (Å²) in [6.07, 6.45) is 3.09. The van der Waals surface area contributed by atoms with Crippen LogP contribution in [0.5, 0.6) is 0 Å². The summed E-state index contributed by atoms with van der Waals surface area (Å²) in [5.74, 6) is 1.42. The quantitative estimate of drug-likeness (QED) is 0.0700. The van der Waals surface area contributed by atoms with Gasteiger partial charge in [-0.1, -0.05) is 87.7 Å². The van der Waals surface area contributed by atoms with E-state index < -0.39 is 0 Å². The molecule has 2 unspecified atom stereocenters. The van der Waals surface area contributed by atoms with Gasteiger partial charge in [0.1, 0.15) is 13.2 Å². The molecule has 0 heterocycles. The number of hydrogen-bond acceptors (Lipinski definition) is 3. The third-order valence-corrected chi connectivity index (χ3v) is 6.19. The lowest BCUT2D eigenvalue weighted by molar-refractivity contribution is -0.140. The van der Waals surface area contributed by atoms with Gasteiger partial charge in [0.15, 0.2) is 0 Å². The van der Waals surface area contributed by atoms with E-state index in [4.69, 9.17) is 9.47 Å². The Balaban J connectivity index is 2.66. The van der Waals surface area contributed by atoms with Crippen LogP contribution in [0.1, 0.15) is 70.9 Å². The van der Waals surface area contributed by atoms with Crippen molar-refractivity contribution in [3.8, 4) is 0 Å². The smallest absolute Gasteiger partial charge is 0.333 e. The number of rotatable bonds is 13. The van der Waals surface area contributed by atoms with E-state index in [1.54, 1.807) is 6.92 Å². The fourth-order valence-electron chi connectivity index (χ4n) is 3.49. The molecule has 0 radical (unpaired) electrons. The van der Waals surface area contributed by atoms with Crippen LogP contribution in [0.4, 0.5) is 0 Å². The molecular weight excluding hydrogens is 475 g/mol. The van der Waals surface area contributed by atoms with Crippen LogP contribution in [-0.2, 0) is 18.7 Å². The van der Waals surface area contributed by atoms with Gasteiger partial charge in [-0.25, -0.2) is 4.79 Å². The molecule has 0 spiro atoms. The van der Waals surface area contributed by atoms with Crippen molar-refractivity contribution >= 4 is 28.6 Å². The first-order chi connectivity index (χ1) is 13.6. The Bertz CT molecular complexity index is 678. The van der Waals surface area contributed by atoms with Gasteiger partial charge in [-0.3, -0.25) is 0 Å². The van der Waals surface area contributed by atoms with Gasteiger partial charge in [-0.05, 0) is 49.1 Å². The SMILES string of the molecule is C=C(C)C(=O)OCCOC(=C)C(C)(CCC(C)c1ccc(CI)cc1)CC(C)C. The second-order valence-corrected chi connectivity index (χ2v) is 9.42. The van der Waals surface area contributed by atoms with Crippen molar-refractivity contribution in [2.45, 2.75) is 64.2 Å². The number of halogens is 1. The summed E-state index contributed by atoms with van der Waals surface area (Å²) in [6, 6.07) is 8.94. The third-order valence-electron chi connectivity index (χ3n) is 5.31. The molecule has 1 rings (SSSR count). The molecule has 0 aliphatic carbocycles. The highest BCUT2D eigenvalue weighted by Gasteiger charge is 2.31. The molecule has 162 valence electrons. The number of ether oxygens (including phenoxy) is 2. The van der Waals surface area contributed by atoms with Crippen molar-refractivity contribution < 1.29 is 14.3 Å². The normalized spacial score (nSPS) is 14.2. The topological polar surface area (TPSA) is 35.5 Å². The van der Waals surface area contributed by atoms with Gasteiger partial charge in [-0.2, -0.15) is 0 Å². The first-order valence-corrected chi connectivity index (χ1v) is 11.9. The lowest BCUT2D eigenvalue weighted by Gasteiger charge is -2.34. The summed E-state index contributed by atoms with van der Waals surface area (Å²) in [4.78, 5) is 11.5. The van der Waals surface area contributed by atoms with E-state index in [2.05, 4.69) is 87.7 Å². The maximum Gasteiger partial charge on any atom is 0.333 e. The first-order valence-electron chi connectivity index (χ1n) is 10.4. The summed E-state index contributed by atoms with van der Waals surface area (Å²) < 4.78 is 12.1. The van der Waals surface area contributed by atoms with E-state index in [1.165, 1.54) is 11.1 Å². The minimum atomic E-state index is -0.383. The fourth-order valence-corrected chi connectivity index (χ4v) is 4.00. The zero-order chi connectivity index (χ0) is 22.0. The highest BCUT2D eigenvalue weighted by atomic mass is 127. The summed E-state index contributed by atoms with van der Waals surface area (Å²) in [5, 5.41) is 0. The van der Waals surface area contributed by atoms with Crippen LogP contribution >= 0.6 is 22.6 Å². The van der Waals surface area contributed by atoms with Crippen molar-refractivity contribution in [3.05, 3.63) is 59.9 Å². The predicted octanol–water partition coefficient (Wildman–Crippen LogP) is 7.21. The largest absolute Gasteiger partial charge is 0.494 e. The molecule has 1 aromatic rings. The Morgan fingerprint density at radius 2 is 1.69 bits per heavy atom. The van der Waals surface area contributed by atoms with Crippen LogP contribution in [0.25, 0.3) is 0 Å². The van der Waals surface area contributed by atoms with Crippen LogP contribution < -0.4 is 0 Å². The maximum atomic E-state index is 11.5. The maximum absolute atomic E-state index is 11.5. The Labute approximate surface area is 191 Å². The molecule has 0 aliphatic rings. The van der Waals surface area contributed by atoms with E-state index in [-0.39, 0.29) is 18.0 Å². The van der Waals surface area contributed by atoms with Gasteiger partial charge in [0.25, 0.3) is 0 Å².